The average molecular weight is 436 g/mol. The standard InChI is InChI=1S/C16H28N4O8S/c1-2-3-4-7-20(28)16(27)19(8-13(22)23)14(24)11(9-29)18-12(21)6-5-10(17)15(25)26/h10-11,28-29H,2-9,17H2,1H3,(H,18,21)(H,22,23)(H,25,26). The number of rotatable bonds is 13. The third-order valence-corrected chi connectivity index (χ3v) is 4.17. The lowest BCUT2D eigenvalue weighted by atomic mass is 10.1. The number of carbonyl (C=O) groups is 5. The monoisotopic (exact) mass is 436 g/mol. The highest BCUT2D eigenvalue weighted by molar-refractivity contribution is 7.80. The number of nitrogens with zero attached hydrogens (tertiary/aromatic N) is 2. The van der Waals surface area contributed by atoms with E-state index in [0.29, 0.717) is 17.7 Å². The molecule has 0 aromatic carbocycles. The summed E-state index contributed by atoms with van der Waals surface area (Å²) in [6, 6.07) is -3.86. The van der Waals surface area contributed by atoms with Gasteiger partial charge in [0.15, 0.2) is 0 Å². The van der Waals surface area contributed by atoms with Crippen molar-refractivity contribution in [3.63, 3.8) is 0 Å². The van der Waals surface area contributed by atoms with Crippen molar-refractivity contribution in [2.45, 2.75) is 51.1 Å². The number of nitrogens with two attached hydrogens (primary N) is 1. The van der Waals surface area contributed by atoms with Crippen molar-refractivity contribution in [3.05, 3.63) is 0 Å². The molecule has 2 atom stereocenters. The summed E-state index contributed by atoms with van der Waals surface area (Å²) in [5, 5.41) is 30.0. The molecule has 0 aliphatic heterocycles. The Morgan fingerprint density at radius 3 is 2.24 bits per heavy atom. The highest BCUT2D eigenvalue weighted by atomic mass is 32.1. The second-order valence-corrected chi connectivity index (χ2v) is 6.58. The van der Waals surface area contributed by atoms with Crippen LogP contribution in [-0.4, -0.2) is 86.1 Å². The third kappa shape index (κ3) is 10.1. The van der Waals surface area contributed by atoms with E-state index in [9.17, 15) is 29.2 Å². The van der Waals surface area contributed by atoms with Gasteiger partial charge in [-0.05, 0) is 12.8 Å². The Morgan fingerprint density at radius 2 is 1.76 bits per heavy atom. The van der Waals surface area contributed by atoms with E-state index in [1.165, 1.54) is 0 Å². The minimum absolute atomic E-state index is 0.0962. The first-order valence-electron chi connectivity index (χ1n) is 8.97. The van der Waals surface area contributed by atoms with Crippen LogP contribution in [-0.2, 0) is 19.2 Å². The van der Waals surface area contributed by atoms with E-state index >= 15 is 0 Å². The SMILES string of the molecule is CCCCCN(O)C(=O)N(CC(=O)O)C(=O)C(CS)NC(=O)CCC(N)C(=O)O. The molecule has 2 unspecified atom stereocenters. The first-order chi connectivity index (χ1) is 13.5. The normalized spacial score (nSPS) is 12.6. The van der Waals surface area contributed by atoms with Crippen molar-refractivity contribution in [2.24, 2.45) is 5.73 Å². The molecule has 12 nitrogen and oxygen atoms in total. The molecule has 0 aromatic heterocycles. The number of hydrogen-bond acceptors (Lipinski definition) is 8. The molecule has 0 spiro atoms. The van der Waals surface area contributed by atoms with E-state index in [4.69, 9.17) is 15.9 Å². The number of hydrogen-bond donors (Lipinski definition) is 6. The molecule has 0 aliphatic rings. The number of hydroxylamine groups is 2. The lowest BCUT2D eigenvalue weighted by molar-refractivity contribution is -0.145. The molecule has 0 aromatic rings. The summed E-state index contributed by atoms with van der Waals surface area (Å²) in [6.07, 6.45) is 1.49. The Morgan fingerprint density at radius 1 is 1.14 bits per heavy atom. The lowest BCUT2D eigenvalue weighted by Gasteiger charge is -2.27. The third-order valence-electron chi connectivity index (χ3n) is 3.80. The Balaban J connectivity index is 5.12. The maximum Gasteiger partial charge on any atom is 0.351 e. The number of imide groups is 1. The number of carboxylic acids is 2. The maximum atomic E-state index is 12.6. The van der Waals surface area contributed by atoms with Gasteiger partial charge in [0.05, 0.1) is 6.54 Å². The molecule has 29 heavy (non-hydrogen) atoms. The molecule has 0 bridgehead atoms. The van der Waals surface area contributed by atoms with E-state index in [-0.39, 0.29) is 30.2 Å². The van der Waals surface area contributed by atoms with Crippen molar-refractivity contribution in [1.29, 1.82) is 0 Å². The van der Waals surface area contributed by atoms with Gasteiger partial charge < -0.3 is 21.3 Å². The first kappa shape index (κ1) is 26.6. The highest BCUT2D eigenvalue weighted by Gasteiger charge is 2.33. The van der Waals surface area contributed by atoms with Crippen molar-refractivity contribution >= 4 is 42.4 Å². The number of thiol groups is 1. The lowest BCUT2D eigenvalue weighted by Crippen LogP contribution is -2.55. The molecule has 166 valence electrons. The summed E-state index contributed by atoms with van der Waals surface area (Å²) in [7, 11) is 0. The fourth-order valence-electron chi connectivity index (χ4n) is 2.17. The van der Waals surface area contributed by atoms with Crippen LogP contribution in [0.2, 0.25) is 0 Å². The summed E-state index contributed by atoms with van der Waals surface area (Å²) in [5.41, 5.74) is 5.30. The number of unbranched alkanes of at least 4 members (excludes halogenated alkanes) is 2. The zero-order valence-corrected chi connectivity index (χ0v) is 17.0. The van der Waals surface area contributed by atoms with E-state index in [1.807, 2.05) is 6.92 Å². The maximum absolute atomic E-state index is 12.6. The Labute approximate surface area is 173 Å². The second kappa shape index (κ2) is 13.7. The molecule has 0 radical (unpaired) electrons. The van der Waals surface area contributed by atoms with Crippen molar-refractivity contribution in [2.75, 3.05) is 18.8 Å². The van der Waals surface area contributed by atoms with Crippen LogP contribution in [0.5, 0.6) is 0 Å². The van der Waals surface area contributed by atoms with Gasteiger partial charge in [0.2, 0.25) is 5.91 Å². The van der Waals surface area contributed by atoms with Crippen LogP contribution >= 0.6 is 12.6 Å². The minimum atomic E-state index is -1.50. The van der Waals surface area contributed by atoms with Crippen LogP contribution in [0.25, 0.3) is 0 Å². The van der Waals surface area contributed by atoms with Crippen molar-refractivity contribution < 1.29 is 39.4 Å². The van der Waals surface area contributed by atoms with Crippen LogP contribution in [0.15, 0.2) is 0 Å². The Bertz CT molecular complexity index is 603. The fraction of sp³-hybridized carbons (Fsp3) is 0.688. The largest absolute Gasteiger partial charge is 0.480 e. The van der Waals surface area contributed by atoms with Gasteiger partial charge >= 0.3 is 18.0 Å². The van der Waals surface area contributed by atoms with Gasteiger partial charge in [-0.15, -0.1) is 0 Å². The Kier molecular flexibility index (Phi) is 12.6. The molecule has 0 heterocycles. The van der Waals surface area contributed by atoms with Crippen LogP contribution in [0, 0.1) is 0 Å². The summed E-state index contributed by atoms with van der Waals surface area (Å²) >= 11 is 3.93. The quantitative estimate of drug-likeness (QED) is 0.0956. The van der Waals surface area contributed by atoms with Gasteiger partial charge in [0.1, 0.15) is 18.6 Å². The minimum Gasteiger partial charge on any atom is -0.480 e. The molecule has 0 rings (SSSR count). The zero-order valence-electron chi connectivity index (χ0n) is 16.1. The highest BCUT2D eigenvalue weighted by Crippen LogP contribution is 2.06. The Hall–Kier alpha value is -2.38. The average Bonchev–Trinajstić information content (AvgIpc) is 2.66. The molecule has 4 amide bonds. The smallest absolute Gasteiger partial charge is 0.351 e. The van der Waals surface area contributed by atoms with Crippen LogP contribution < -0.4 is 11.1 Å². The number of aliphatic carboxylic acids is 2. The van der Waals surface area contributed by atoms with Crippen LogP contribution in [0.3, 0.4) is 0 Å². The van der Waals surface area contributed by atoms with Gasteiger partial charge in [0.25, 0.3) is 5.91 Å². The van der Waals surface area contributed by atoms with E-state index < -0.39 is 48.4 Å². The molecule has 0 saturated carbocycles. The molecular formula is C16H28N4O8S. The van der Waals surface area contributed by atoms with Gasteiger partial charge in [-0.2, -0.15) is 12.6 Å². The van der Waals surface area contributed by atoms with Gasteiger partial charge in [0, 0.05) is 12.2 Å². The summed E-state index contributed by atoms with van der Waals surface area (Å²) in [6.45, 7) is 0.792. The summed E-state index contributed by atoms with van der Waals surface area (Å²) < 4.78 is 0. The molecule has 0 aliphatic carbocycles. The summed E-state index contributed by atoms with van der Waals surface area (Å²) in [4.78, 5) is 58.9. The van der Waals surface area contributed by atoms with Crippen molar-refractivity contribution in [1.82, 2.24) is 15.3 Å². The molecule has 0 fully saturated rings. The molecule has 0 saturated heterocycles. The number of carbonyl (C=O) groups excluding carboxylic acids is 3. The van der Waals surface area contributed by atoms with E-state index in [0.717, 1.165) is 6.42 Å². The first-order valence-corrected chi connectivity index (χ1v) is 9.60. The summed E-state index contributed by atoms with van der Waals surface area (Å²) in [5.74, 6) is -4.84. The topological polar surface area (TPSA) is 191 Å². The van der Waals surface area contributed by atoms with Gasteiger partial charge in [-0.1, -0.05) is 19.8 Å². The fourth-order valence-corrected chi connectivity index (χ4v) is 2.42. The van der Waals surface area contributed by atoms with Crippen LogP contribution in [0.1, 0.15) is 39.0 Å². The number of nitrogens with one attached hydrogen (secondary N) is 1. The van der Waals surface area contributed by atoms with Gasteiger partial charge in [-0.3, -0.25) is 24.4 Å². The van der Waals surface area contributed by atoms with Gasteiger partial charge in [-0.25, -0.2) is 14.8 Å². The van der Waals surface area contributed by atoms with E-state index in [2.05, 4.69) is 17.9 Å². The molecular weight excluding hydrogens is 408 g/mol. The number of amides is 4. The van der Waals surface area contributed by atoms with E-state index in [1.54, 1.807) is 0 Å². The molecule has 13 heteroatoms. The predicted octanol–water partition coefficient (Wildman–Crippen LogP) is -0.492. The van der Waals surface area contributed by atoms with Crippen molar-refractivity contribution in [3.8, 4) is 0 Å². The zero-order chi connectivity index (χ0) is 22.6. The molecule has 6 N–H and O–H groups in total. The van der Waals surface area contributed by atoms with Crippen LogP contribution in [0.4, 0.5) is 4.79 Å². The number of carboxylic acid groups (broad SMARTS) is 2. The number of urea groups is 1. The predicted molar refractivity (Wildman–Crippen MR) is 103 cm³/mol. The second-order valence-electron chi connectivity index (χ2n) is 6.22.